The molecule has 0 aliphatic heterocycles. The Hall–Kier alpha value is -1.84. The van der Waals surface area contributed by atoms with Gasteiger partial charge in [-0.15, -0.1) is 0 Å². The summed E-state index contributed by atoms with van der Waals surface area (Å²) in [5.41, 5.74) is 6.08. The highest BCUT2D eigenvalue weighted by Gasteiger charge is 2.07. The third kappa shape index (κ3) is 0.852. The molecule has 2 rings (SSSR count). The Morgan fingerprint density at radius 3 is 3.08 bits per heavy atom. The van der Waals surface area contributed by atoms with Gasteiger partial charge in [0.25, 0.3) is 5.91 Å². The van der Waals surface area contributed by atoms with Crippen molar-refractivity contribution in [2.45, 2.75) is 0 Å². The molecule has 0 aliphatic carbocycles. The van der Waals surface area contributed by atoms with Crippen molar-refractivity contribution in [3.05, 3.63) is 30.3 Å². The summed E-state index contributed by atoms with van der Waals surface area (Å²) in [4.78, 5) is 14.7. The number of fused-ring (bicyclic) bond motifs is 1. The fraction of sp³-hybridized carbons (Fsp3) is 0. The highest BCUT2D eigenvalue weighted by atomic mass is 16.3. The van der Waals surface area contributed by atoms with E-state index in [9.17, 15) is 4.79 Å². The summed E-state index contributed by atoms with van der Waals surface area (Å²) in [6.45, 7) is 0. The number of rotatable bonds is 1. The molecule has 60 valence electrons. The highest BCUT2D eigenvalue weighted by molar-refractivity contribution is 6.04. The first-order valence-corrected chi connectivity index (χ1v) is 3.40. The summed E-state index contributed by atoms with van der Waals surface area (Å²) < 4.78 is 5.04. The number of carbonyl (C=O) groups is 1. The summed E-state index contributed by atoms with van der Waals surface area (Å²) >= 11 is 0. The van der Waals surface area contributed by atoms with Crippen molar-refractivity contribution < 1.29 is 9.21 Å². The number of amides is 1. The Kier molecular flexibility index (Phi) is 1.33. The van der Waals surface area contributed by atoms with Gasteiger partial charge in [0.05, 0.1) is 18.0 Å². The number of carbonyl (C=O) groups excluding carboxylic acids is 1. The van der Waals surface area contributed by atoms with E-state index in [1.54, 1.807) is 12.3 Å². The fourth-order valence-corrected chi connectivity index (χ4v) is 1.09. The number of hydrogen-bond acceptors (Lipinski definition) is 3. The van der Waals surface area contributed by atoms with E-state index < -0.39 is 5.91 Å². The minimum atomic E-state index is -0.491. The van der Waals surface area contributed by atoms with Gasteiger partial charge in [-0.25, -0.2) is 0 Å². The van der Waals surface area contributed by atoms with Crippen LogP contribution in [0.25, 0.3) is 11.0 Å². The second-order valence-electron chi connectivity index (χ2n) is 2.38. The summed E-state index contributed by atoms with van der Waals surface area (Å²) in [6.07, 6.45) is 4.47. The zero-order valence-electron chi connectivity index (χ0n) is 6.15. The van der Waals surface area contributed by atoms with Gasteiger partial charge in [-0.2, -0.15) is 0 Å². The molecule has 0 aromatic carbocycles. The van der Waals surface area contributed by atoms with Crippen LogP contribution in [-0.4, -0.2) is 10.9 Å². The Morgan fingerprint density at radius 1 is 1.50 bits per heavy atom. The lowest BCUT2D eigenvalue weighted by atomic mass is 10.2. The van der Waals surface area contributed by atoms with Crippen molar-refractivity contribution in [3.8, 4) is 0 Å². The molecule has 0 saturated heterocycles. The minimum Gasteiger partial charge on any atom is -0.463 e. The fourth-order valence-electron chi connectivity index (χ4n) is 1.09. The van der Waals surface area contributed by atoms with Crippen LogP contribution in [0, 0.1) is 0 Å². The molecule has 0 radical (unpaired) electrons. The van der Waals surface area contributed by atoms with Crippen LogP contribution in [0.5, 0.6) is 0 Å². The molecule has 1 amide bonds. The van der Waals surface area contributed by atoms with E-state index in [4.69, 9.17) is 10.2 Å². The quantitative estimate of drug-likeness (QED) is 0.678. The number of hydrogen-bond donors (Lipinski definition) is 1. The molecule has 0 bridgehead atoms. The Morgan fingerprint density at radius 2 is 2.33 bits per heavy atom. The maximum atomic E-state index is 10.9. The zero-order valence-corrected chi connectivity index (χ0v) is 6.15. The van der Waals surface area contributed by atoms with Gasteiger partial charge in [0.1, 0.15) is 0 Å². The summed E-state index contributed by atoms with van der Waals surface area (Å²) in [7, 11) is 0. The maximum absolute atomic E-state index is 10.9. The van der Waals surface area contributed by atoms with Crippen molar-refractivity contribution in [2.24, 2.45) is 5.73 Å². The molecule has 2 aromatic rings. The monoisotopic (exact) mass is 162 g/mol. The van der Waals surface area contributed by atoms with Crippen molar-refractivity contribution in [3.63, 3.8) is 0 Å². The van der Waals surface area contributed by atoms with Gasteiger partial charge in [0.2, 0.25) is 0 Å². The molecule has 0 spiro atoms. The molecule has 0 unspecified atom stereocenters. The standard InChI is InChI=1S/C8H6N2O2/c9-8(11)6-3-10-4-7-5(6)1-2-12-7/h1-4H,(H2,9,11). The van der Waals surface area contributed by atoms with Crippen LogP contribution in [0.4, 0.5) is 0 Å². The van der Waals surface area contributed by atoms with Crippen LogP contribution in [-0.2, 0) is 0 Å². The van der Waals surface area contributed by atoms with Crippen LogP contribution < -0.4 is 5.73 Å². The number of primary amides is 1. The van der Waals surface area contributed by atoms with Crippen molar-refractivity contribution in [1.29, 1.82) is 0 Å². The van der Waals surface area contributed by atoms with Gasteiger partial charge >= 0.3 is 0 Å². The van der Waals surface area contributed by atoms with Crippen LogP contribution in [0.1, 0.15) is 10.4 Å². The van der Waals surface area contributed by atoms with E-state index in [-0.39, 0.29) is 0 Å². The molecule has 0 atom stereocenters. The number of furan rings is 1. The van der Waals surface area contributed by atoms with Gasteiger partial charge < -0.3 is 10.2 Å². The normalized spacial score (nSPS) is 10.3. The molecule has 12 heavy (non-hydrogen) atoms. The molecule has 0 fully saturated rings. The number of nitrogens with two attached hydrogens (primary N) is 1. The van der Waals surface area contributed by atoms with E-state index in [0.717, 1.165) is 0 Å². The lowest BCUT2D eigenvalue weighted by Gasteiger charge is -1.94. The number of nitrogens with zero attached hydrogens (tertiary/aromatic N) is 1. The molecule has 0 saturated carbocycles. The second kappa shape index (κ2) is 2.34. The number of pyridine rings is 1. The van der Waals surface area contributed by atoms with Crippen molar-refractivity contribution in [2.75, 3.05) is 0 Å². The predicted octanol–water partition coefficient (Wildman–Crippen LogP) is 0.927. The van der Waals surface area contributed by atoms with Gasteiger partial charge in [0, 0.05) is 11.6 Å². The molecule has 2 N–H and O–H groups in total. The van der Waals surface area contributed by atoms with E-state index in [0.29, 0.717) is 16.5 Å². The molecule has 2 aromatic heterocycles. The van der Waals surface area contributed by atoms with Gasteiger partial charge in [-0.1, -0.05) is 0 Å². The molecular weight excluding hydrogens is 156 g/mol. The van der Waals surface area contributed by atoms with Gasteiger partial charge in [0.15, 0.2) is 5.58 Å². The van der Waals surface area contributed by atoms with Crippen LogP contribution in [0.15, 0.2) is 29.1 Å². The summed E-state index contributed by atoms with van der Waals surface area (Å²) in [5, 5.41) is 0.706. The average molecular weight is 162 g/mol. The smallest absolute Gasteiger partial charge is 0.251 e. The number of aromatic nitrogens is 1. The first-order valence-electron chi connectivity index (χ1n) is 3.40. The van der Waals surface area contributed by atoms with Crippen molar-refractivity contribution in [1.82, 2.24) is 4.98 Å². The van der Waals surface area contributed by atoms with Gasteiger partial charge in [-0.3, -0.25) is 9.78 Å². The largest absolute Gasteiger partial charge is 0.463 e. The third-order valence-corrected chi connectivity index (χ3v) is 1.65. The molecular formula is C8H6N2O2. The topological polar surface area (TPSA) is 69.1 Å². The van der Waals surface area contributed by atoms with Crippen LogP contribution in [0.3, 0.4) is 0 Å². The second-order valence-corrected chi connectivity index (χ2v) is 2.38. The van der Waals surface area contributed by atoms with E-state index in [1.807, 2.05) is 0 Å². The molecule has 4 heteroatoms. The predicted molar refractivity (Wildman–Crippen MR) is 42.5 cm³/mol. The SMILES string of the molecule is NC(=O)c1cncc2occc12. The Bertz CT molecular complexity index is 433. The van der Waals surface area contributed by atoms with Crippen LogP contribution in [0.2, 0.25) is 0 Å². The lowest BCUT2D eigenvalue weighted by molar-refractivity contribution is 0.100. The lowest BCUT2D eigenvalue weighted by Crippen LogP contribution is -2.11. The van der Waals surface area contributed by atoms with E-state index in [1.165, 1.54) is 12.5 Å². The van der Waals surface area contributed by atoms with Crippen molar-refractivity contribution >= 4 is 16.9 Å². The molecule has 4 nitrogen and oxygen atoms in total. The zero-order chi connectivity index (χ0) is 8.55. The van der Waals surface area contributed by atoms with Crippen LogP contribution >= 0.6 is 0 Å². The van der Waals surface area contributed by atoms with Gasteiger partial charge in [-0.05, 0) is 6.07 Å². The van der Waals surface area contributed by atoms with E-state index in [2.05, 4.69) is 4.98 Å². The van der Waals surface area contributed by atoms with E-state index >= 15 is 0 Å². The average Bonchev–Trinajstić information content (AvgIpc) is 2.49. The third-order valence-electron chi connectivity index (χ3n) is 1.65. The summed E-state index contributed by atoms with van der Waals surface area (Å²) in [6, 6.07) is 1.69. The highest BCUT2D eigenvalue weighted by Crippen LogP contribution is 2.17. The Balaban J connectivity index is 2.82. The first-order chi connectivity index (χ1) is 5.79. The Labute approximate surface area is 68.0 Å². The maximum Gasteiger partial charge on any atom is 0.251 e. The molecule has 2 heterocycles. The molecule has 0 aliphatic rings. The summed E-state index contributed by atoms with van der Waals surface area (Å²) in [5.74, 6) is -0.491. The minimum absolute atomic E-state index is 0.390. The first kappa shape index (κ1) is 6.84.